The van der Waals surface area contributed by atoms with Crippen molar-refractivity contribution in [3.8, 4) is 0 Å². The normalized spacial score (nSPS) is 18.7. The van der Waals surface area contributed by atoms with Gasteiger partial charge in [-0.1, -0.05) is 12.1 Å². The molecule has 1 aliphatic rings. The molecule has 1 fully saturated rings. The van der Waals surface area contributed by atoms with E-state index in [-0.39, 0.29) is 23.8 Å². The second-order valence-corrected chi connectivity index (χ2v) is 8.73. The number of hydrogen-bond donors (Lipinski definition) is 1. The van der Waals surface area contributed by atoms with Crippen molar-refractivity contribution >= 4 is 34.5 Å². The minimum atomic E-state index is -0.126. The molecule has 0 bridgehead atoms. The van der Waals surface area contributed by atoms with Gasteiger partial charge in [0, 0.05) is 24.5 Å². The maximum Gasteiger partial charge on any atom is 0.263 e. The second-order valence-electron chi connectivity index (χ2n) is 6.81. The minimum absolute atomic E-state index is 0.0438. The fourth-order valence-corrected chi connectivity index (χ4v) is 4.91. The van der Waals surface area contributed by atoms with Gasteiger partial charge in [-0.3, -0.25) is 9.59 Å². The molecule has 3 heterocycles. The van der Waals surface area contributed by atoms with E-state index in [9.17, 15) is 9.59 Å². The molecule has 0 aliphatic carbocycles. The SMILES string of the molecule is CN(C)[C@@H](CNC(=O)[C@H]1CCCN(C(=O)c2cccs2)C1)c1cccs1. The molecule has 3 rings (SSSR count). The molecule has 1 saturated heterocycles. The molecule has 0 radical (unpaired) electrons. The molecule has 0 unspecified atom stereocenters. The summed E-state index contributed by atoms with van der Waals surface area (Å²) in [5.74, 6) is -0.0295. The molecule has 0 saturated carbocycles. The molecule has 2 atom stereocenters. The number of amides is 2. The first kappa shape index (κ1) is 19.1. The molecule has 2 amide bonds. The highest BCUT2D eigenvalue weighted by Gasteiger charge is 2.29. The zero-order chi connectivity index (χ0) is 18.5. The van der Waals surface area contributed by atoms with Crippen molar-refractivity contribution in [3.63, 3.8) is 0 Å². The van der Waals surface area contributed by atoms with Gasteiger partial charge in [0.1, 0.15) is 0 Å². The number of rotatable bonds is 6. The van der Waals surface area contributed by atoms with Gasteiger partial charge in [0.15, 0.2) is 0 Å². The summed E-state index contributed by atoms with van der Waals surface area (Å²) in [5, 5.41) is 7.08. The second kappa shape index (κ2) is 8.79. The van der Waals surface area contributed by atoms with Crippen LogP contribution in [0.15, 0.2) is 35.0 Å². The van der Waals surface area contributed by atoms with Crippen LogP contribution in [0.4, 0.5) is 0 Å². The fraction of sp³-hybridized carbons (Fsp3) is 0.474. The summed E-state index contributed by atoms with van der Waals surface area (Å²) in [6.07, 6.45) is 1.71. The lowest BCUT2D eigenvalue weighted by atomic mass is 9.96. The smallest absolute Gasteiger partial charge is 0.263 e. The van der Waals surface area contributed by atoms with Crippen LogP contribution in [-0.4, -0.2) is 55.3 Å². The molecule has 2 aromatic heterocycles. The number of piperidine rings is 1. The van der Waals surface area contributed by atoms with Crippen LogP contribution in [-0.2, 0) is 4.79 Å². The highest BCUT2D eigenvalue weighted by molar-refractivity contribution is 7.12. The summed E-state index contributed by atoms with van der Waals surface area (Å²) in [6.45, 7) is 1.83. The predicted molar refractivity (Wildman–Crippen MR) is 107 cm³/mol. The third kappa shape index (κ3) is 4.52. The van der Waals surface area contributed by atoms with Gasteiger partial charge in [-0.25, -0.2) is 0 Å². The molecule has 0 aromatic carbocycles. The largest absolute Gasteiger partial charge is 0.354 e. The molecule has 1 aliphatic heterocycles. The molecule has 0 spiro atoms. The average Bonchev–Trinajstić information content (AvgIpc) is 3.35. The maximum atomic E-state index is 12.7. The summed E-state index contributed by atoms with van der Waals surface area (Å²) >= 11 is 3.16. The molecule has 5 nitrogen and oxygen atoms in total. The Morgan fingerprint density at radius 1 is 1.27 bits per heavy atom. The minimum Gasteiger partial charge on any atom is -0.354 e. The van der Waals surface area contributed by atoms with Crippen molar-refractivity contribution < 1.29 is 9.59 Å². The number of nitrogens with one attached hydrogen (secondary N) is 1. The van der Waals surface area contributed by atoms with Crippen LogP contribution in [0.2, 0.25) is 0 Å². The zero-order valence-corrected chi connectivity index (χ0v) is 16.8. The monoisotopic (exact) mass is 391 g/mol. The molecule has 140 valence electrons. The van der Waals surface area contributed by atoms with Crippen LogP contribution in [0.5, 0.6) is 0 Å². The molecule has 7 heteroatoms. The van der Waals surface area contributed by atoms with Gasteiger partial charge in [0.05, 0.1) is 16.8 Å². The van der Waals surface area contributed by atoms with Crippen molar-refractivity contribution in [2.45, 2.75) is 18.9 Å². The van der Waals surface area contributed by atoms with Gasteiger partial charge in [-0.2, -0.15) is 0 Å². The van der Waals surface area contributed by atoms with Crippen LogP contribution in [0.25, 0.3) is 0 Å². The Labute approximate surface area is 162 Å². The topological polar surface area (TPSA) is 52.7 Å². The van der Waals surface area contributed by atoms with Crippen molar-refractivity contribution in [1.29, 1.82) is 0 Å². The molecule has 1 N–H and O–H groups in total. The van der Waals surface area contributed by atoms with Gasteiger partial charge >= 0.3 is 0 Å². The van der Waals surface area contributed by atoms with E-state index in [1.54, 1.807) is 11.3 Å². The van der Waals surface area contributed by atoms with Crippen molar-refractivity contribution in [2.75, 3.05) is 33.7 Å². The predicted octanol–water partition coefficient (Wildman–Crippen LogP) is 3.08. The highest BCUT2D eigenvalue weighted by Crippen LogP contribution is 2.24. The lowest BCUT2D eigenvalue weighted by Gasteiger charge is -2.32. The van der Waals surface area contributed by atoms with Crippen molar-refractivity contribution in [2.24, 2.45) is 5.92 Å². The molecular weight excluding hydrogens is 366 g/mol. The first-order valence-corrected chi connectivity index (χ1v) is 10.6. The lowest BCUT2D eigenvalue weighted by Crippen LogP contribution is -2.46. The van der Waals surface area contributed by atoms with E-state index < -0.39 is 0 Å². The zero-order valence-electron chi connectivity index (χ0n) is 15.2. The fourth-order valence-electron chi connectivity index (χ4n) is 3.29. The number of likely N-dealkylation sites (N-methyl/N-ethyl adjacent to an activating group) is 1. The summed E-state index contributed by atoms with van der Waals surface area (Å²) < 4.78 is 0. The molecule has 26 heavy (non-hydrogen) atoms. The van der Waals surface area contributed by atoms with Crippen LogP contribution >= 0.6 is 22.7 Å². The lowest BCUT2D eigenvalue weighted by molar-refractivity contribution is -0.126. The maximum absolute atomic E-state index is 12.7. The standard InChI is InChI=1S/C19H25N3O2S2/c1-21(2)15(16-7-4-10-25-16)12-20-18(23)14-6-3-9-22(13-14)19(24)17-8-5-11-26-17/h4-5,7-8,10-11,14-15H,3,6,9,12-13H2,1-2H3,(H,20,23)/t14-,15-/m0/s1. The Hall–Kier alpha value is -1.70. The molecular formula is C19H25N3O2S2. The van der Waals surface area contributed by atoms with E-state index in [0.29, 0.717) is 13.1 Å². The van der Waals surface area contributed by atoms with E-state index >= 15 is 0 Å². The van der Waals surface area contributed by atoms with Crippen molar-refractivity contribution in [3.05, 3.63) is 44.8 Å². The Bertz CT molecular complexity index is 713. The number of nitrogens with zero attached hydrogens (tertiary/aromatic N) is 2. The average molecular weight is 392 g/mol. The Balaban J connectivity index is 1.56. The Morgan fingerprint density at radius 3 is 2.69 bits per heavy atom. The number of likely N-dealkylation sites (tertiary alicyclic amines) is 1. The Kier molecular flexibility index (Phi) is 6.45. The first-order valence-electron chi connectivity index (χ1n) is 8.86. The quantitative estimate of drug-likeness (QED) is 0.823. The van der Waals surface area contributed by atoms with Gasteiger partial charge in [0.2, 0.25) is 5.91 Å². The van der Waals surface area contributed by atoms with Gasteiger partial charge < -0.3 is 15.1 Å². The number of carbonyl (C=O) groups excluding carboxylic acids is 2. The van der Waals surface area contributed by atoms with E-state index in [4.69, 9.17) is 0 Å². The van der Waals surface area contributed by atoms with Crippen LogP contribution in [0.3, 0.4) is 0 Å². The number of hydrogen-bond acceptors (Lipinski definition) is 5. The summed E-state index contributed by atoms with van der Waals surface area (Å²) in [4.78, 5) is 31.2. The highest BCUT2D eigenvalue weighted by atomic mass is 32.1. The van der Waals surface area contributed by atoms with E-state index in [1.807, 2.05) is 42.6 Å². The van der Waals surface area contributed by atoms with Gasteiger partial charge in [-0.15, -0.1) is 22.7 Å². The summed E-state index contributed by atoms with van der Waals surface area (Å²) in [7, 11) is 4.05. The van der Waals surface area contributed by atoms with Crippen LogP contribution in [0.1, 0.15) is 33.4 Å². The molecule has 2 aromatic rings. The van der Waals surface area contributed by atoms with E-state index in [2.05, 4.69) is 21.7 Å². The number of thiophene rings is 2. The third-order valence-electron chi connectivity index (χ3n) is 4.78. The third-order valence-corrected chi connectivity index (χ3v) is 6.61. The van der Waals surface area contributed by atoms with Gasteiger partial charge in [0.25, 0.3) is 5.91 Å². The Morgan fingerprint density at radius 2 is 2.04 bits per heavy atom. The summed E-state index contributed by atoms with van der Waals surface area (Å²) in [6, 6.07) is 8.04. The van der Waals surface area contributed by atoms with Gasteiger partial charge in [-0.05, 0) is 49.8 Å². The first-order chi connectivity index (χ1) is 12.6. The van der Waals surface area contributed by atoms with Crippen LogP contribution < -0.4 is 5.32 Å². The van der Waals surface area contributed by atoms with E-state index in [1.165, 1.54) is 16.2 Å². The van der Waals surface area contributed by atoms with Crippen molar-refractivity contribution in [1.82, 2.24) is 15.1 Å². The number of carbonyl (C=O) groups is 2. The van der Waals surface area contributed by atoms with E-state index in [0.717, 1.165) is 24.3 Å². The summed E-state index contributed by atoms with van der Waals surface area (Å²) in [5.41, 5.74) is 0. The van der Waals surface area contributed by atoms with Crippen LogP contribution in [0, 0.1) is 5.92 Å².